The summed E-state index contributed by atoms with van der Waals surface area (Å²) in [6.07, 6.45) is -4.69. The van der Waals surface area contributed by atoms with E-state index in [1.807, 2.05) is 19.1 Å². The highest BCUT2D eigenvalue weighted by molar-refractivity contribution is 7.11. The van der Waals surface area contributed by atoms with Crippen molar-refractivity contribution in [3.8, 4) is 5.75 Å². The van der Waals surface area contributed by atoms with Gasteiger partial charge in [0, 0.05) is 9.75 Å². The van der Waals surface area contributed by atoms with Gasteiger partial charge in [0.25, 0.3) is 0 Å². The summed E-state index contributed by atoms with van der Waals surface area (Å²) in [7, 11) is 0. The first-order chi connectivity index (χ1) is 10.8. The first-order valence-corrected chi connectivity index (χ1v) is 7.57. The monoisotopic (exact) mass is 343 g/mol. The molecule has 0 bridgehead atoms. The quantitative estimate of drug-likeness (QED) is 0.645. The molecule has 0 saturated heterocycles. The van der Waals surface area contributed by atoms with E-state index in [1.54, 1.807) is 11.3 Å². The molecule has 0 fully saturated rings. The number of hydrogen-bond donors (Lipinski definition) is 2. The Morgan fingerprint density at radius 3 is 2.48 bits per heavy atom. The minimum Gasteiger partial charge on any atom is -0.406 e. The first kappa shape index (κ1) is 17.1. The molecule has 0 spiro atoms. The van der Waals surface area contributed by atoms with Crippen LogP contribution in [0.3, 0.4) is 0 Å². The van der Waals surface area contributed by atoms with Crippen molar-refractivity contribution in [1.29, 1.82) is 0 Å². The maximum atomic E-state index is 12.1. The van der Waals surface area contributed by atoms with Crippen LogP contribution in [0.15, 0.2) is 41.4 Å². The zero-order valence-electron chi connectivity index (χ0n) is 12.4. The van der Waals surface area contributed by atoms with E-state index in [9.17, 15) is 13.2 Å². The summed E-state index contributed by atoms with van der Waals surface area (Å²) in [5, 5.41) is 2.99. The number of halogens is 3. The van der Waals surface area contributed by atoms with Gasteiger partial charge in [0.2, 0.25) is 0 Å². The Labute approximate surface area is 135 Å². The van der Waals surface area contributed by atoms with Crippen molar-refractivity contribution in [2.45, 2.75) is 26.4 Å². The molecule has 2 aromatic rings. The lowest BCUT2D eigenvalue weighted by molar-refractivity contribution is -0.274. The van der Waals surface area contributed by atoms with Gasteiger partial charge in [-0.1, -0.05) is 12.1 Å². The number of nitrogens with zero attached hydrogens (tertiary/aromatic N) is 1. The zero-order chi connectivity index (χ0) is 16.9. The molecule has 0 amide bonds. The van der Waals surface area contributed by atoms with Crippen molar-refractivity contribution in [3.05, 3.63) is 51.7 Å². The van der Waals surface area contributed by atoms with E-state index in [0.29, 0.717) is 6.54 Å². The molecule has 0 radical (unpaired) electrons. The van der Waals surface area contributed by atoms with Gasteiger partial charge >= 0.3 is 6.36 Å². The van der Waals surface area contributed by atoms with Crippen LogP contribution in [0.1, 0.15) is 15.3 Å². The number of hydrogen-bond acceptors (Lipinski definition) is 3. The van der Waals surface area contributed by atoms with Crippen LogP contribution in [0.5, 0.6) is 5.75 Å². The number of benzene rings is 1. The Hall–Kier alpha value is -2.22. The van der Waals surface area contributed by atoms with Crippen molar-refractivity contribution >= 4 is 17.3 Å². The average Bonchev–Trinajstić information content (AvgIpc) is 2.88. The summed E-state index contributed by atoms with van der Waals surface area (Å²) >= 11 is 1.67. The van der Waals surface area contributed by atoms with Crippen LogP contribution in [0.2, 0.25) is 0 Å². The normalized spacial score (nSPS) is 12.3. The van der Waals surface area contributed by atoms with Gasteiger partial charge in [-0.2, -0.15) is 0 Å². The largest absolute Gasteiger partial charge is 0.573 e. The molecule has 0 aliphatic rings. The van der Waals surface area contributed by atoms with Crippen molar-refractivity contribution in [1.82, 2.24) is 5.32 Å². The van der Waals surface area contributed by atoms with Gasteiger partial charge in [0.15, 0.2) is 5.96 Å². The highest BCUT2D eigenvalue weighted by Gasteiger charge is 2.30. The third kappa shape index (κ3) is 6.19. The number of rotatable bonds is 5. The summed E-state index contributed by atoms with van der Waals surface area (Å²) in [5.41, 5.74) is 6.49. The highest BCUT2D eigenvalue weighted by atomic mass is 32.1. The number of nitrogens with two attached hydrogens (primary N) is 1. The lowest BCUT2D eigenvalue weighted by Crippen LogP contribution is -2.30. The van der Waals surface area contributed by atoms with Crippen LogP contribution >= 0.6 is 11.3 Å². The summed E-state index contributed by atoms with van der Waals surface area (Å²) in [6.45, 7) is 2.89. The number of guanidine groups is 1. The number of nitrogens with one attached hydrogen (secondary N) is 1. The van der Waals surface area contributed by atoms with Gasteiger partial charge in [0.05, 0.1) is 13.1 Å². The SMILES string of the molecule is Cc1ccc(CNC(N)=NCc2ccc(OC(F)(F)F)cc2)s1. The maximum Gasteiger partial charge on any atom is 0.573 e. The topological polar surface area (TPSA) is 59.6 Å². The average molecular weight is 343 g/mol. The van der Waals surface area contributed by atoms with Gasteiger partial charge in [-0.3, -0.25) is 0 Å². The summed E-state index contributed by atoms with van der Waals surface area (Å²) in [4.78, 5) is 6.51. The lowest BCUT2D eigenvalue weighted by atomic mass is 10.2. The zero-order valence-corrected chi connectivity index (χ0v) is 13.2. The number of alkyl halides is 3. The number of ether oxygens (including phenoxy) is 1. The summed E-state index contributed by atoms with van der Waals surface area (Å²) < 4.78 is 40.0. The van der Waals surface area contributed by atoms with E-state index in [0.717, 1.165) is 10.4 Å². The second kappa shape index (κ2) is 7.36. The van der Waals surface area contributed by atoms with E-state index in [-0.39, 0.29) is 18.3 Å². The van der Waals surface area contributed by atoms with E-state index < -0.39 is 6.36 Å². The van der Waals surface area contributed by atoms with Gasteiger partial charge < -0.3 is 15.8 Å². The predicted octanol–water partition coefficient (Wildman–Crippen LogP) is 3.56. The molecule has 4 nitrogen and oxygen atoms in total. The Balaban J connectivity index is 1.84. The molecule has 23 heavy (non-hydrogen) atoms. The third-order valence-corrected chi connectivity index (χ3v) is 3.83. The molecule has 1 aromatic carbocycles. The third-order valence-electron chi connectivity index (χ3n) is 2.83. The van der Waals surface area contributed by atoms with Crippen molar-refractivity contribution in [2.75, 3.05) is 0 Å². The minimum atomic E-state index is -4.69. The first-order valence-electron chi connectivity index (χ1n) is 6.75. The molecule has 0 aliphatic heterocycles. The molecule has 8 heteroatoms. The second-order valence-electron chi connectivity index (χ2n) is 4.76. The standard InChI is InChI=1S/C15H16F3N3OS/c1-10-2-7-13(23-10)9-21-14(19)20-8-11-3-5-12(6-4-11)22-15(16,17)18/h2-7H,8-9H2,1H3,(H3,19,20,21). The highest BCUT2D eigenvalue weighted by Crippen LogP contribution is 2.22. The van der Waals surface area contributed by atoms with Crippen molar-refractivity contribution in [3.63, 3.8) is 0 Å². The van der Waals surface area contributed by atoms with Gasteiger partial charge in [-0.25, -0.2) is 4.99 Å². The fourth-order valence-corrected chi connectivity index (χ4v) is 2.62. The Morgan fingerprint density at radius 1 is 1.22 bits per heavy atom. The van der Waals surface area contributed by atoms with Crippen LogP contribution in [0.25, 0.3) is 0 Å². The van der Waals surface area contributed by atoms with E-state index in [4.69, 9.17) is 5.73 Å². The Kier molecular flexibility index (Phi) is 5.49. The van der Waals surface area contributed by atoms with Crippen LogP contribution < -0.4 is 15.8 Å². The van der Waals surface area contributed by atoms with Crippen molar-refractivity contribution in [2.24, 2.45) is 10.7 Å². The van der Waals surface area contributed by atoms with E-state index in [2.05, 4.69) is 15.0 Å². The smallest absolute Gasteiger partial charge is 0.406 e. The van der Waals surface area contributed by atoms with Crippen LogP contribution in [-0.4, -0.2) is 12.3 Å². The molecular formula is C15H16F3N3OS. The Bertz CT molecular complexity index is 665. The van der Waals surface area contributed by atoms with E-state index in [1.165, 1.54) is 29.1 Å². The molecular weight excluding hydrogens is 327 g/mol. The number of aryl methyl sites for hydroxylation is 1. The Morgan fingerprint density at radius 2 is 1.91 bits per heavy atom. The molecule has 0 saturated carbocycles. The van der Waals surface area contributed by atoms with Gasteiger partial charge in [0.1, 0.15) is 5.75 Å². The molecule has 3 N–H and O–H groups in total. The van der Waals surface area contributed by atoms with Crippen LogP contribution in [-0.2, 0) is 13.1 Å². The molecule has 0 aliphatic carbocycles. The maximum absolute atomic E-state index is 12.1. The van der Waals surface area contributed by atoms with Crippen molar-refractivity contribution < 1.29 is 17.9 Å². The molecule has 0 atom stereocenters. The van der Waals surface area contributed by atoms with Gasteiger partial charge in [-0.05, 0) is 36.8 Å². The summed E-state index contributed by atoms with van der Waals surface area (Å²) in [5.74, 6) is 0.0241. The number of aliphatic imine (C=N–C) groups is 1. The van der Waals surface area contributed by atoms with Crippen LogP contribution in [0, 0.1) is 6.92 Å². The summed E-state index contributed by atoms with van der Waals surface area (Å²) in [6, 6.07) is 9.56. The molecule has 1 aromatic heterocycles. The molecule has 0 unspecified atom stereocenters. The molecule has 124 valence electrons. The molecule has 1 heterocycles. The molecule has 2 rings (SSSR count). The second-order valence-corrected chi connectivity index (χ2v) is 6.13. The fourth-order valence-electron chi connectivity index (χ4n) is 1.79. The lowest BCUT2D eigenvalue weighted by Gasteiger charge is -2.09. The predicted molar refractivity (Wildman–Crippen MR) is 84.3 cm³/mol. The minimum absolute atomic E-state index is 0.260. The van der Waals surface area contributed by atoms with Crippen LogP contribution in [0.4, 0.5) is 13.2 Å². The number of thiophene rings is 1. The van der Waals surface area contributed by atoms with E-state index >= 15 is 0 Å². The van der Waals surface area contributed by atoms with Gasteiger partial charge in [-0.15, -0.1) is 24.5 Å². The fraction of sp³-hybridized carbons (Fsp3) is 0.267.